The molecule has 1 amide bonds. The fraction of sp³-hybridized carbons (Fsp3) is 0.257. The summed E-state index contributed by atoms with van der Waals surface area (Å²) in [7, 11) is -1.58. The van der Waals surface area contributed by atoms with Crippen LogP contribution in [-0.4, -0.2) is 69.7 Å². The summed E-state index contributed by atoms with van der Waals surface area (Å²) in [5.41, 5.74) is 1.55. The van der Waals surface area contributed by atoms with Gasteiger partial charge in [-0.2, -0.15) is 18.0 Å². The molecule has 12 nitrogen and oxygen atoms in total. The molecule has 1 fully saturated rings. The molecular weight excluding hydrogens is 632 g/mol. The molecule has 4 aromatic rings. The molecule has 3 aliphatic rings. The maximum absolute atomic E-state index is 15.4. The molecule has 0 aliphatic carbocycles. The lowest BCUT2D eigenvalue weighted by atomic mass is 9.80. The van der Waals surface area contributed by atoms with E-state index in [2.05, 4.69) is 27.1 Å². The smallest absolute Gasteiger partial charge is 0.288 e. The number of ether oxygens (including phenoxy) is 3. The van der Waals surface area contributed by atoms with E-state index in [1.807, 2.05) is 24.0 Å². The number of pyridine rings is 2. The van der Waals surface area contributed by atoms with E-state index in [4.69, 9.17) is 14.2 Å². The lowest BCUT2D eigenvalue weighted by Crippen LogP contribution is -2.54. The Kier molecular flexibility index (Phi) is 7.77. The number of aromatic nitrogens is 2. The van der Waals surface area contributed by atoms with Crippen molar-refractivity contribution < 1.29 is 27.4 Å². The minimum atomic E-state index is -4.55. The molecule has 2 atom stereocenters. The first-order valence-electron chi connectivity index (χ1n) is 15.3. The van der Waals surface area contributed by atoms with Crippen LogP contribution >= 0.6 is 0 Å². The van der Waals surface area contributed by atoms with E-state index < -0.39 is 21.5 Å². The second-order valence-electron chi connectivity index (χ2n) is 11.6. The van der Waals surface area contributed by atoms with E-state index in [0.717, 1.165) is 15.6 Å². The summed E-state index contributed by atoms with van der Waals surface area (Å²) < 4.78 is 46.7. The van der Waals surface area contributed by atoms with E-state index in [1.54, 1.807) is 36.7 Å². The quantitative estimate of drug-likeness (QED) is 0.256. The molecular formula is C35H32N6O6S. The molecule has 2 unspecified atom stereocenters. The van der Waals surface area contributed by atoms with Crippen LogP contribution < -0.4 is 23.4 Å². The van der Waals surface area contributed by atoms with Gasteiger partial charge in [-0.1, -0.05) is 0 Å². The van der Waals surface area contributed by atoms with Crippen molar-refractivity contribution in [3.05, 3.63) is 108 Å². The Morgan fingerprint density at radius 3 is 2.42 bits per heavy atom. The first kappa shape index (κ1) is 31.2. The van der Waals surface area contributed by atoms with E-state index in [-0.39, 0.29) is 22.2 Å². The minimum Gasteiger partial charge on any atom is -0.497 e. The molecule has 3 aliphatic heterocycles. The molecule has 48 heavy (non-hydrogen) atoms. The minimum absolute atomic E-state index is 0.0421. The second kappa shape index (κ2) is 12.0. The number of methoxy groups -OCH3 is 2. The highest BCUT2D eigenvalue weighted by atomic mass is 32.2. The Hall–Kier alpha value is -5.45. The molecule has 5 heterocycles. The number of nitrogens with zero attached hydrogens (tertiary/aromatic N) is 6. The zero-order valence-electron chi connectivity index (χ0n) is 26.5. The Balaban J connectivity index is 1.46. The summed E-state index contributed by atoms with van der Waals surface area (Å²) in [6.07, 6.45) is 6.87. The van der Waals surface area contributed by atoms with Gasteiger partial charge in [0, 0.05) is 61.0 Å². The van der Waals surface area contributed by atoms with Crippen molar-refractivity contribution >= 4 is 27.3 Å². The van der Waals surface area contributed by atoms with Gasteiger partial charge in [-0.15, -0.1) is 0 Å². The number of amides is 1. The van der Waals surface area contributed by atoms with Crippen LogP contribution in [-0.2, 0) is 20.4 Å². The van der Waals surface area contributed by atoms with Crippen LogP contribution in [0.1, 0.15) is 23.6 Å². The van der Waals surface area contributed by atoms with Crippen LogP contribution in [0.4, 0.5) is 11.4 Å². The Labute approximate surface area is 278 Å². The molecule has 244 valence electrons. The molecule has 0 bridgehead atoms. The van der Waals surface area contributed by atoms with Gasteiger partial charge in [-0.3, -0.25) is 14.7 Å². The molecule has 2 aromatic heterocycles. The largest absolute Gasteiger partial charge is 0.497 e. The first-order chi connectivity index (χ1) is 23.3. The number of anilines is 2. The zero-order valence-corrected chi connectivity index (χ0v) is 27.3. The topological polar surface area (TPSA) is 138 Å². The maximum atomic E-state index is 15.4. The highest BCUT2D eigenvalue weighted by molar-refractivity contribution is 7.93. The monoisotopic (exact) mass is 664 g/mol. The normalized spacial score (nSPS) is 20.2. The molecule has 2 aromatic carbocycles. The third-order valence-electron chi connectivity index (χ3n) is 9.10. The van der Waals surface area contributed by atoms with Gasteiger partial charge in [0.15, 0.2) is 10.6 Å². The molecule has 0 radical (unpaired) electrons. The van der Waals surface area contributed by atoms with Crippen LogP contribution in [0.5, 0.6) is 17.2 Å². The predicted molar refractivity (Wildman–Crippen MR) is 176 cm³/mol. The van der Waals surface area contributed by atoms with Gasteiger partial charge in [0.2, 0.25) is 0 Å². The molecule has 0 N–H and O–H groups in total. The lowest BCUT2D eigenvalue weighted by Gasteiger charge is -2.39. The molecule has 1 saturated heterocycles. The number of nitriles is 1. The summed E-state index contributed by atoms with van der Waals surface area (Å²) in [5.74, 6) is 0.530. The third kappa shape index (κ3) is 4.75. The zero-order chi connectivity index (χ0) is 33.6. The standard InChI is InChI=1S/C35H32N6O6S/c1-4-47-32-9-6-27(45-2)16-30(32)35(40-21-24-19-39(20-25(24)22-40)26-11-13-37-14-12-26)29-15-23(17-36)5-8-31(29)41(34(35)42)48(43,44)33-10-7-28(46-3)18-38-33/h5-16,18-19,25H,4,20-22H2,1-3H3. The number of likely N-dealkylation sites (tertiary alicyclic amines) is 1. The van der Waals surface area contributed by atoms with Crippen LogP contribution in [0, 0.1) is 17.2 Å². The van der Waals surface area contributed by atoms with Crippen molar-refractivity contribution in [3.8, 4) is 23.3 Å². The summed E-state index contributed by atoms with van der Waals surface area (Å²) in [5, 5.41) is 9.69. The number of carbonyl (C=O) groups is 1. The van der Waals surface area contributed by atoms with Gasteiger partial charge >= 0.3 is 0 Å². The van der Waals surface area contributed by atoms with Crippen molar-refractivity contribution in [2.45, 2.75) is 17.5 Å². The fourth-order valence-electron chi connectivity index (χ4n) is 6.93. The average Bonchev–Trinajstić information content (AvgIpc) is 3.78. The number of benzene rings is 2. The lowest BCUT2D eigenvalue weighted by molar-refractivity contribution is -0.126. The van der Waals surface area contributed by atoms with Crippen molar-refractivity contribution in [1.29, 1.82) is 5.26 Å². The van der Waals surface area contributed by atoms with Gasteiger partial charge in [-0.05, 0) is 73.2 Å². The highest BCUT2D eigenvalue weighted by Gasteiger charge is 2.62. The molecule has 0 spiro atoms. The first-order valence-corrected chi connectivity index (χ1v) is 16.8. The molecule has 0 saturated carbocycles. The Bertz CT molecular complexity index is 2080. The molecule has 13 heteroatoms. The van der Waals surface area contributed by atoms with E-state index in [1.165, 1.54) is 44.7 Å². The third-order valence-corrected chi connectivity index (χ3v) is 10.7. The van der Waals surface area contributed by atoms with E-state index in [0.29, 0.717) is 54.6 Å². The van der Waals surface area contributed by atoms with Crippen LogP contribution in [0.25, 0.3) is 0 Å². The number of carbonyl (C=O) groups excluding carboxylic acids is 1. The van der Waals surface area contributed by atoms with E-state index >= 15 is 4.79 Å². The Morgan fingerprint density at radius 1 is 0.979 bits per heavy atom. The molecule has 7 rings (SSSR count). The van der Waals surface area contributed by atoms with Gasteiger partial charge in [-0.25, -0.2) is 4.98 Å². The SMILES string of the molecule is CCOc1ccc(OC)cc1C1(N2CC3=CN(c4ccncc4)CC3C2)C(=O)N(S(=O)(=O)c2ccc(OC)cn2)c2ccc(C#N)cc21. The van der Waals surface area contributed by atoms with Crippen molar-refractivity contribution in [2.75, 3.05) is 49.7 Å². The van der Waals surface area contributed by atoms with Crippen LogP contribution in [0.2, 0.25) is 0 Å². The summed E-state index contributed by atoms with van der Waals surface area (Å²) in [6, 6.07) is 18.6. The van der Waals surface area contributed by atoms with Gasteiger partial charge in [0.1, 0.15) is 17.2 Å². The summed E-state index contributed by atoms with van der Waals surface area (Å²) in [4.78, 5) is 27.9. The van der Waals surface area contributed by atoms with Gasteiger partial charge in [0.25, 0.3) is 15.9 Å². The number of hydrogen-bond donors (Lipinski definition) is 0. The summed E-state index contributed by atoms with van der Waals surface area (Å²) >= 11 is 0. The predicted octanol–water partition coefficient (Wildman–Crippen LogP) is 4.08. The average molecular weight is 665 g/mol. The summed E-state index contributed by atoms with van der Waals surface area (Å²) in [6.45, 7) is 3.57. The van der Waals surface area contributed by atoms with Crippen molar-refractivity contribution in [3.63, 3.8) is 0 Å². The number of fused-ring (bicyclic) bond motifs is 2. The van der Waals surface area contributed by atoms with Gasteiger partial charge in [0.05, 0.1) is 44.3 Å². The van der Waals surface area contributed by atoms with Crippen molar-refractivity contribution in [1.82, 2.24) is 14.9 Å². The highest BCUT2D eigenvalue weighted by Crippen LogP contribution is 2.55. The van der Waals surface area contributed by atoms with Crippen LogP contribution in [0.15, 0.2) is 96.1 Å². The van der Waals surface area contributed by atoms with Crippen LogP contribution in [0.3, 0.4) is 0 Å². The Morgan fingerprint density at radius 2 is 1.75 bits per heavy atom. The maximum Gasteiger partial charge on any atom is 0.288 e. The fourth-order valence-corrected chi connectivity index (χ4v) is 8.31. The van der Waals surface area contributed by atoms with Crippen molar-refractivity contribution in [2.24, 2.45) is 5.92 Å². The second-order valence-corrected chi connectivity index (χ2v) is 13.3. The number of sulfonamides is 1. The van der Waals surface area contributed by atoms with Gasteiger partial charge < -0.3 is 19.1 Å². The number of rotatable bonds is 9. The number of hydrogen-bond acceptors (Lipinski definition) is 11. The van der Waals surface area contributed by atoms with E-state index in [9.17, 15) is 13.7 Å².